The zero-order valence-electron chi connectivity index (χ0n) is 45.9. The Hall–Kier alpha value is -2.74. The summed E-state index contributed by atoms with van der Waals surface area (Å²) in [5.74, 6) is -2.29. The highest BCUT2D eigenvalue weighted by Crippen LogP contribution is 2.70. The number of Topliss-reactive ketones (excluding diaryl/α,β-unsaturated/α-hetero) is 1. The number of hydrogen-bond acceptors (Lipinski definition) is 20. The molecule has 0 aromatic heterocycles. The third-order valence-corrected chi connectivity index (χ3v) is 19.4. The number of carbonyl (C=O) groups is 2. The van der Waals surface area contributed by atoms with Crippen molar-refractivity contribution in [3.63, 3.8) is 0 Å². The third kappa shape index (κ3) is 10.1. The number of benzene rings is 1. The van der Waals surface area contributed by atoms with Crippen LogP contribution >= 0.6 is 0 Å². The predicted octanol–water partition coefficient (Wildman–Crippen LogP) is 4.40. The second-order valence-corrected chi connectivity index (χ2v) is 23.4. The number of aliphatic hydroxyl groups excluding tert-OH is 2. The van der Waals surface area contributed by atoms with Crippen LogP contribution in [-0.2, 0) is 66.4 Å². The molecular formula is C56H84O20. The molecule has 9 rings (SSSR count). The van der Waals surface area contributed by atoms with Gasteiger partial charge in [0.05, 0.1) is 48.8 Å². The van der Waals surface area contributed by atoms with Crippen LogP contribution in [0.1, 0.15) is 123 Å². The molecular weight excluding hydrogens is 993 g/mol. The first kappa shape index (κ1) is 57.9. The van der Waals surface area contributed by atoms with E-state index in [1.165, 1.54) is 26.2 Å². The summed E-state index contributed by atoms with van der Waals surface area (Å²) in [5.41, 5.74) is -4.16. The van der Waals surface area contributed by atoms with E-state index in [2.05, 4.69) is 13.0 Å². The number of aliphatic hydroxyl groups is 4. The summed E-state index contributed by atoms with van der Waals surface area (Å²) in [6, 6.07) is 6.14. The van der Waals surface area contributed by atoms with Crippen molar-refractivity contribution in [1.29, 1.82) is 0 Å². The van der Waals surface area contributed by atoms with Crippen LogP contribution in [0.25, 0.3) is 0 Å². The maximum atomic E-state index is 13.8. The van der Waals surface area contributed by atoms with Crippen molar-refractivity contribution in [3.8, 4) is 5.75 Å². The molecule has 8 aliphatic rings. The van der Waals surface area contributed by atoms with E-state index in [1.54, 1.807) is 47.3 Å². The summed E-state index contributed by atoms with van der Waals surface area (Å²) >= 11 is 0. The van der Waals surface area contributed by atoms with Crippen molar-refractivity contribution in [2.45, 2.75) is 241 Å². The Balaban J connectivity index is 0.807. The van der Waals surface area contributed by atoms with Crippen molar-refractivity contribution < 1.29 is 96.7 Å². The molecule has 20 heteroatoms. The van der Waals surface area contributed by atoms with Crippen LogP contribution < -0.4 is 0 Å². The largest absolute Gasteiger partial charge is 0.507 e. The van der Waals surface area contributed by atoms with E-state index in [0.29, 0.717) is 44.9 Å². The molecule has 3 saturated carbocycles. The van der Waals surface area contributed by atoms with Crippen molar-refractivity contribution in [3.05, 3.63) is 41.5 Å². The van der Waals surface area contributed by atoms with Gasteiger partial charge in [0.1, 0.15) is 71.0 Å². The average molecular weight is 1080 g/mol. The number of hydrogen-bond donors (Lipinski definition) is 5. The minimum Gasteiger partial charge on any atom is -0.507 e. The maximum absolute atomic E-state index is 13.8. The van der Waals surface area contributed by atoms with Gasteiger partial charge in [-0.15, -0.1) is 0 Å². The first-order valence-electron chi connectivity index (χ1n) is 27.4. The molecule has 0 spiro atoms. The summed E-state index contributed by atoms with van der Waals surface area (Å²) in [4.78, 5) is 27.0. The number of para-hydroxylation sites is 1. The van der Waals surface area contributed by atoms with Crippen molar-refractivity contribution in [1.82, 2.24) is 0 Å². The number of aromatic hydroxyl groups is 1. The standard InChI is InChI=1S/C56H84O20/c1-27(57)35-18-21-56(63)54(35,7)41(73-51(61)34-14-12-13-15-36(34)58)26-40-53(6)19-17-33(22-32(53)16-20-55(40,56)62)72-42-23-37(64-8)47(29(3)68-42)74-43-24-38(65-9)48(30(4)69-43)75-44-25-39(66-10)49(31(5)70-44)76-52-46(60)50(67-11)45(59)28(2)71-52/h12-16,28-31,33,35,37-50,52,58-60,62-63H,17-26H2,1-11H3/t28-,29-,30-,31-,33+,35+,37+,38+,39+,40-,41-,42+,43+,44+,45-,46-,47-,48-,49-,50+,52+,53+,54+,55+,56-/m1/s1. The highest BCUT2D eigenvalue weighted by atomic mass is 16.8. The Labute approximate surface area is 446 Å². The van der Waals surface area contributed by atoms with E-state index in [-0.39, 0.29) is 42.5 Å². The quantitative estimate of drug-likeness (QED) is 0.121. The van der Waals surface area contributed by atoms with Crippen molar-refractivity contribution in [2.75, 3.05) is 28.4 Å². The molecule has 4 saturated heterocycles. The zero-order valence-corrected chi connectivity index (χ0v) is 45.9. The van der Waals surface area contributed by atoms with Crippen LogP contribution in [-0.4, -0.2) is 194 Å². The lowest BCUT2D eigenvalue weighted by atomic mass is 9.43. The summed E-state index contributed by atoms with van der Waals surface area (Å²) < 4.78 is 81.0. The molecule has 0 bridgehead atoms. The Kier molecular flexibility index (Phi) is 17.3. The van der Waals surface area contributed by atoms with Crippen molar-refractivity contribution >= 4 is 11.8 Å². The molecule has 0 radical (unpaired) electrons. The van der Waals surface area contributed by atoms with Crippen LogP contribution in [0.3, 0.4) is 0 Å². The molecule has 4 heterocycles. The molecule has 4 aliphatic carbocycles. The highest BCUT2D eigenvalue weighted by molar-refractivity contribution is 5.92. The Morgan fingerprint density at radius 1 is 0.658 bits per heavy atom. The lowest BCUT2D eigenvalue weighted by molar-refractivity contribution is -0.355. The van der Waals surface area contributed by atoms with Gasteiger partial charge < -0.3 is 87.1 Å². The van der Waals surface area contributed by atoms with E-state index >= 15 is 0 Å². The summed E-state index contributed by atoms with van der Waals surface area (Å²) in [6.45, 7) is 12.7. The van der Waals surface area contributed by atoms with Gasteiger partial charge in [0.25, 0.3) is 0 Å². The number of ketones is 1. The molecule has 76 heavy (non-hydrogen) atoms. The van der Waals surface area contributed by atoms with Gasteiger partial charge >= 0.3 is 5.97 Å². The van der Waals surface area contributed by atoms with Crippen molar-refractivity contribution in [2.24, 2.45) is 22.7 Å². The van der Waals surface area contributed by atoms with Gasteiger partial charge in [-0.1, -0.05) is 37.6 Å². The minimum atomic E-state index is -1.75. The van der Waals surface area contributed by atoms with Gasteiger partial charge in [0, 0.05) is 65.0 Å². The average Bonchev–Trinajstić information content (AvgIpc) is 3.89. The number of carbonyl (C=O) groups excluding carboxylic acids is 2. The topological polar surface area (TPSA) is 255 Å². The van der Waals surface area contributed by atoms with Gasteiger partial charge in [0.15, 0.2) is 25.2 Å². The Bertz CT molecular complexity index is 2230. The molecule has 4 aliphatic heterocycles. The fraction of sp³-hybridized carbons (Fsp3) is 0.821. The van der Waals surface area contributed by atoms with Crippen LogP contribution in [0, 0.1) is 22.7 Å². The normalized spacial score (nSPS) is 48.5. The van der Waals surface area contributed by atoms with Gasteiger partial charge in [-0.3, -0.25) is 4.79 Å². The van der Waals surface area contributed by atoms with Crippen LogP contribution in [0.4, 0.5) is 0 Å². The van der Waals surface area contributed by atoms with E-state index in [9.17, 15) is 35.1 Å². The molecule has 1 aromatic rings. The van der Waals surface area contributed by atoms with E-state index in [0.717, 1.165) is 5.57 Å². The smallest absolute Gasteiger partial charge is 0.342 e. The molecule has 428 valence electrons. The van der Waals surface area contributed by atoms with E-state index in [4.69, 9.17) is 61.6 Å². The number of phenols is 1. The molecule has 25 atom stereocenters. The van der Waals surface area contributed by atoms with Crippen LogP contribution in [0.2, 0.25) is 0 Å². The number of rotatable bonds is 15. The number of phenolic OH excluding ortho intramolecular Hbond substituents is 1. The lowest BCUT2D eigenvalue weighted by Gasteiger charge is -2.66. The number of methoxy groups -OCH3 is 4. The summed E-state index contributed by atoms with van der Waals surface area (Å²) in [5, 5.41) is 57.9. The predicted molar refractivity (Wildman–Crippen MR) is 267 cm³/mol. The molecule has 1 aromatic carbocycles. The van der Waals surface area contributed by atoms with Crippen LogP contribution in [0.5, 0.6) is 5.75 Å². The number of fused-ring (bicyclic) bond motifs is 5. The SMILES string of the molecule is CO[C@@H]1[C@@H](O)[C@H](O[C@H]2[C@@H](OC)C[C@H](O[C@H]3[C@@H](OC)C[C@H](O[C@H]4[C@@H](OC)C[C@H](O[C@H]5CC[C@@]6(C)C(=CC[C@]7(O)[C@@H]6C[C@@H](OC(=O)c6ccccc6O)[C@]6(C)[C@H](C(C)=O)CC[C@@]67O)C5)O[C@@H]4C)O[C@@H]3C)O[C@@H]2C)O[C@H](C)[C@H]1O. The van der Waals surface area contributed by atoms with Gasteiger partial charge in [-0.2, -0.15) is 0 Å². The molecule has 0 amide bonds. The van der Waals surface area contributed by atoms with Gasteiger partial charge in [0.2, 0.25) is 0 Å². The second-order valence-electron chi connectivity index (χ2n) is 23.4. The summed E-state index contributed by atoms with van der Waals surface area (Å²) in [7, 11) is 6.25. The maximum Gasteiger partial charge on any atom is 0.342 e. The van der Waals surface area contributed by atoms with E-state index < -0.39 is 150 Å². The van der Waals surface area contributed by atoms with Gasteiger partial charge in [-0.25, -0.2) is 4.79 Å². The minimum absolute atomic E-state index is 0.00960. The second kappa shape index (κ2) is 22.7. The van der Waals surface area contributed by atoms with E-state index in [1.807, 2.05) is 20.8 Å². The Morgan fingerprint density at radius 2 is 1.21 bits per heavy atom. The number of esters is 1. The monoisotopic (exact) mass is 1080 g/mol. The molecule has 7 fully saturated rings. The molecule has 5 N–H and O–H groups in total. The number of ether oxygens (including phenoxy) is 13. The third-order valence-electron chi connectivity index (χ3n) is 19.4. The molecule has 0 unspecified atom stereocenters. The first-order chi connectivity index (χ1) is 36.0. The first-order valence-corrected chi connectivity index (χ1v) is 27.4. The fourth-order valence-corrected chi connectivity index (χ4v) is 15.0. The Morgan fingerprint density at radius 3 is 1.75 bits per heavy atom. The lowest BCUT2D eigenvalue weighted by Crippen LogP contribution is -2.75. The highest BCUT2D eigenvalue weighted by Gasteiger charge is 2.77. The van der Waals surface area contributed by atoms with Gasteiger partial charge in [-0.05, 0) is 97.1 Å². The zero-order chi connectivity index (χ0) is 54.8. The summed E-state index contributed by atoms with van der Waals surface area (Å²) in [6.07, 6.45) is -6.80. The molecule has 20 nitrogen and oxygen atoms in total. The van der Waals surface area contributed by atoms with Crippen LogP contribution in [0.15, 0.2) is 35.9 Å². The fourth-order valence-electron chi connectivity index (χ4n) is 15.0.